The van der Waals surface area contributed by atoms with E-state index in [0.717, 1.165) is 25.3 Å². The summed E-state index contributed by atoms with van der Waals surface area (Å²) in [5, 5.41) is 3.41. The number of ether oxygens (including phenoxy) is 1. The molecule has 2 aromatic rings. The number of aromatic nitrogens is 1. The fourth-order valence-electron chi connectivity index (χ4n) is 1.76. The minimum absolute atomic E-state index is 0.865. The molecule has 0 aliphatic carbocycles. The molecular weight excluding hydrogens is 224 g/mol. The van der Waals surface area contributed by atoms with Gasteiger partial charge in [0, 0.05) is 18.9 Å². The number of nitrogens with one attached hydrogen (secondary N) is 1. The van der Waals surface area contributed by atoms with Gasteiger partial charge in [0.05, 0.1) is 7.11 Å². The zero-order chi connectivity index (χ0) is 12.6. The minimum Gasteiger partial charge on any atom is -0.497 e. The number of benzene rings is 1. The van der Waals surface area contributed by atoms with Crippen molar-refractivity contribution in [2.24, 2.45) is 0 Å². The van der Waals surface area contributed by atoms with Crippen molar-refractivity contribution in [3.8, 4) is 5.75 Å². The highest BCUT2D eigenvalue weighted by atomic mass is 16.5. The Hall–Kier alpha value is -1.87. The predicted molar refractivity (Wildman–Crippen MR) is 72.6 cm³/mol. The van der Waals surface area contributed by atoms with E-state index in [-0.39, 0.29) is 0 Å². The van der Waals surface area contributed by atoms with Gasteiger partial charge in [-0.15, -0.1) is 0 Å². The van der Waals surface area contributed by atoms with Crippen molar-refractivity contribution >= 4 is 0 Å². The molecule has 0 fully saturated rings. The summed E-state index contributed by atoms with van der Waals surface area (Å²) in [6.45, 7) is 1.82. The normalized spacial score (nSPS) is 10.3. The van der Waals surface area contributed by atoms with Gasteiger partial charge in [0.25, 0.3) is 0 Å². The number of rotatable bonds is 6. The molecule has 0 aliphatic heterocycles. The molecule has 2 rings (SSSR count). The van der Waals surface area contributed by atoms with E-state index in [1.165, 1.54) is 11.1 Å². The number of nitrogens with zero attached hydrogens (tertiary/aromatic N) is 1. The molecule has 3 nitrogen and oxygen atoms in total. The molecule has 0 radical (unpaired) electrons. The average molecular weight is 242 g/mol. The van der Waals surface area contributed by atoms with Gasteiger partial charge >= 0.3 is 0 Å². The second kappa shape index (κ2) is 6.77. The Kier molecular flexibility index (Phi) is 4.73. The molecule has 0 aliphatic rings. The lowest BCUT2D eigenvalue weighted by atomic mass is 10.1. The standard InChI is InChI=1S/C15H18N2O/c1-18-15-6-4-13(5-7-15)8-10-17-12-14-3-2-9-16-11-14/h2-7,9,11,17H,8,10,12H2,1H3. The number of pyridine rings is 1. The minimum atomic E-state index is 0.865. The predicted octanol–water partition coefficient (Wildman–Crippen LogP) is 2.42. The summed E-state index contributed by atoms with van der Waals surface area (Å²) in [6.07, 6.45) is 4.70. The molecule has 0 bridgehead atoms. The van der Waals surface area contributed by atoms with Crippen molar-refractivity contribution in [1.82, 2.24) is 10.3 Å². The molecule has 94 valence electrons. The maximum atomic E-state index is 5.13. The monoisotopic (exact) mass is 242 g/mol. The zero-order valence-corrected chi connectivity index (χ0v) is 10.6. The highest BCUT2D eigenvalue weighted by Gasteiger charge is 1.95. The fourth-order valence-corrected chi connectivity index (χ4v) is 1.76. The molecular formula is C15H18N2O. The van der Waals surface area contributed by atoms with Gasteiger partial charge in [0.1, 0.15) is 5.75 Å². The van der Waals surface area contributed by atoms with E-state index >= 15 is 0 Å². The van der Waals surface area contributed by atoms with Crippen LogP contribution in [0, 0.1) is 0 Å². The van der Waals surface area contributed by atoms with E-state index in [9.17, 15) is 0 Å². The van der Waals surface area contributed by atoms with E-state index in [1.54, 1.807) is 13.3 Å². The zero-order valence-electron chi connectivity index (χ0n) is 10.6. The van der Waals surface area contributed by atoms with Crippen LogP contribution in [-0.2, 0) is 13.0 Å². The second-order valence-electron chi connectivity index (χ2n) is 4.14. The molecule has 1 heterocycles. The van der Waals surface area contributed by atoms with E-state index in [2.05, 4.69) is 28.5 Å². The van der Waals surface area contributed by atoms with E-state index in [0.29, 0.717) is 0 Å². The Morgan fingerprint density at radius 1 is 1.11 bits per heavy atom. The lowest BCUT2D eigenvalue weighted by Crippen LogP contribution is -2.16. The van der Waals surface area contributed by atoms with Crippen LogP contribution in [0.5, 0.6) is 5.75 Å². The van der Waals surface area contributed by atoms with Gasteiger partial charge in [-0.25, -0.2) is 0 Å². The molecule has 1 aromatic heterocycles. The highest BCUT2D eigenvalue weighted by molar-refractivity contribution is 5.27. The Bertz CT molecular complexity index is 454. The van der Waals surface area contributed by atoms with Gasteiger partial charge in [-0.2, -0.15) is 0 Å². The van der Waals surface area contributed by atoms with Crippen molar-refractivity contribution in [2.45, 2.75) is 13.0 Å². The van der Waals surface area contributed by atoms with Gasteiger partial charge in [-0.1, -0.05) is 18.2 Å². The number of hydrogen-bond donors (Lipinski definition) is 1. The van der Waals surface area contributed by atoms with Crippen LogP contribution in [0.15, 0.2) is 48.8 Å². The van der Waals surface area contributed by atoms with Crippen LogP contribution in [-0.4, -0.2) is 18.6 Å². The molecule has 1 aromatic carbocycles. The Balaban J connectivity index is 1.72. The highest BCUT2D eigenvalue weighted by Crippen LogP contribution is 2.11. The summed E-state index contributed by atoms with van der Waals surface area (Å²) in [5.74, 6) is 0.905. The topological polar surface area (TPSA) is 34.1 Å². The number of methoxy groups -OCH3 is 1. The average Bonchev–Trinajstić information content (AvgIpc) is 2.45. The summed E-state index contributed by atoms with van der Waals surface area (Å²) in [7, 11) is 1.68. The summed E-state index contributed by atoms with van der Waals surface area (Å²) in [4.78, 5) is 4.09. The summed E-state index contributed by atoms with van der Waals surface area (Å²) in [5.41, 5.74) is 2.53. The van der Waals surface area contributed by atoms with Gasteiger partial charge < -0.3 is 10.1 Å². The fraction of sp³-hybridized carbons (Fsp3) is 0.267. The van der Waals surface area contributed by atoms with Crippen LogP contribution in [0.1, 0.15) is 11.1 Å². The third-order valence-corrected chi connectivity index (χ3v) is 2.80. The maximum absolute atomic E-state index is 5.13. The number of hydrogen-bond acceptors (Lipinski definition) is 3. The van der Waals surface area contributed by atoms with Crippen molar-refractivity contribution in [3.63, 3.8) is 0 Å². The summed E-state index contributed by atoms with van der Waals surface area (Å²) < 4.78 is 5.13. The Morgan fingerprint density at radius 3 is 2.61 bits per heavy atom. The molecule has 0 unspecified atom stereocenters. The van der Waals surface area contributed by atoms with Crippen molar-refractivity contribution in [1.29, 1.82) is 0 Å². The van der Waals surface area contributed by atoms with Crippen LogP contribution in [0.25, 0.3) is 0 Å². The molecule has 18 heavy (non-hydrogen) atoms. The Labute approximate surface area is 108 Å². The van der Waals surface area contributed by atoms with Crippen LogP contribution in [0.4, 0.5) is 0 Å². The van der Waals surface area contributed by atoms with Crippen LogP contribution >= 0.6 is 0 Å². The first-order chi connectivity index (χ1) is 8.88. The smallest absolute Gasteiger partial charge is 0.118 e. The summed E-state index contributed by atoms with van der Waals surface area (Å²) >= 11 is 0. The van der Waals surface area contributed by atoms with Gasteiger partial charge in [-0.3, -0.25) is 4.98 Å². The second-order valence-corrected chi connectivity index (χ2v) is 4.14. The van der Waals surface area contributed by atoms with Crippen molar-refractivity contribution in [2.75, 3.05) is 13.7 Å². The first-order valence-corrected chi connectivity index (χ1v) is 6.11. The molecule has 0 atom stereocenters. The molecule has 0 saturated carbocycles. The van der Waals surface area contributed by atoms with Crippen LogP contribution < -0.4 is 10.1 Å². The molecule has 0 saturated heterocycles. The molecule has 3 heteroatoms. The van der Waals surface area contributed by atoms with Crippen LogP contribution in [0.2, 0.25) is 0 Å². The molecule has 0 spiro atoms. The third kappa shape index (κ3) is 3.86. The van der Waals surface area contributed by atoms with Gasteiger partial charge in [0.15, 0.2) is 0 Å². The van der Waals surface area contributed by atoms with Crippen molar-refractivity contribution in [3.05, 3.63) is 59.9 Å². The first-order valence-electron chi connectivity index (χ1n) is 6.11. The Morgan fingerprint density at radius 2 is 1.94 bits per heavy atom. The summed E-state index contributed by atoms with van der Waals surface area (Å²) in [6, 6.07) is 12.2. The maximum Gasteiger partial charge on any atom is 0.118 e. The largest absolute Gasteiger partial charge is 0.497 e. The molecule has 0 amide bonds. The molecule has 1 N–H and O–H groups in total. The lowest BCUT2D eigenvalue weighted by Gasteiger charge is -2.05. The van der Waals surface area contributed by atoms with E-state index in [4.69, 9.17) is 4.74 Å². The van der Waals surface area contributed by atoms with E-state index in [1.807, 2.05) is 24.4 Å². The SMILES string of the molecule is COc1ccc(CCNCc2cccnc2)cc1. The van der Waals surface area contributed by atoms with E-state index < -0.39 is 0 Å². The van der Waals surface area contributed by atoms with Crippen LogP contribution in [0.3, 0.4) is 0 Å². The van der Waals surface area contributed by atoms with Crippen molar-refractivity contribution < 1.29 is 4.74 Å². The lowest BCUT2D eigenvalue weighted by molar-refractivity contribution is 0.414. The third-order valence-electron chi connectivity index (χ3n) is 2.80. The van der Waals surface area contributed by atoms with Gasteiger partial charge in [-0.05, 0) is 42.3 Å². The quantitative estimate of drug-likeness (QED) is 0.790. The first kappa shape index (κ1) is 12.6. The van der Waals surface area contributed by atoms with Gasteiger partial charge in [0.2, 0.25) is 0 Å².